The van der Waals surface area contributed by atoms with Crippen molar-refractivity contribution in [1.29, 1.82) is 0 Å². The first-order valence-corrected chi connectivity index (χ1v) is 11.5. The van der Waals surface area contributed by atoms with Gasteiger partial charge in [-0.15, -0.1) is 24.0 Å². The summed E-state index contributed by atoms with van der Waals surface area (Å²) in [7, 11) is 1.86. The highest BCUT2D eigenvalue weighted by Gasteiger charge is 2.41. The van der Waals surface area contributed by atoms with Crippen molar-refractivity contribution in [2.75, 3.05) is 72.6 Å². The van der Waals surface area contributed by atoms with Gasteiger partial charge in [0.25, 0.3) is 0 Å². The molecule has 0 aliphatic carbocycles. The van der Waals surface area contributed by atoms with E-state index >= 15 is 0 Å². The number of hydrogen-bond donors (Lipinski definition) is 1. The van der Waals surface area contributed by atoms with E-state index in [-0.39, 0.29) is 36.0 Å². The Kier molecular flexibility index (Phi) is 9.57. The van der Waals surface area contributed by atoms with Crippen molar-refractivity contribution in [1.82, 2.24) is 24.9 Å². The lowest BCUT2D eigenvalue weighted by Gasteiger charge is -2.36. The minimum atomic E-state index is 0. The maximum absolute atomic E-state index is 11.5. The van der Waals surface area contributed by atoms with E-state index in [1.165, 1.54) is 5.56 Å². The van der Waals surface area contributed by atoms with Crippen LogP contribution in [0.4, 0.5) is 0 Å². The molecule has 2 unspecified atom stereocenters. The lowest BCUT2D eigenvalue weighted by atomic mass is 10.1. The number of benzene rings is 1. The van der Waals surface area contributed by atoms with Gasteiger partial charge in [0.1, 0.15) is 0 Å². The van der Waals surface area contributed by atoms with Gasteiger partial charge in [-0.05, 0) is 5.56 Å². The third kappa shape index (κ3) is 6.33. The molecule has 3 fully saturated rings. The molecule has 178 valence electrons. The van der Waals surface area contributed by atoms with Crippen LogP contribution in [0.5, 0.6) is 0 Å². The molecule has 1 aromatic carbocycles. The normalized spacial score (nSPS) is 24.8. The van der Waals surface area contributed by atoms with E-state index in [2.05, 4.69) is 55.3 Å². The maximum atomic E-state index is 11.5. The van der Waals surface area contributed by atoms with Gasteiger partial charge in [0.2, 0.25) is 5.91 Å². The number of halogens is 1. The third-order valence-corrected chi connectivity index (χ3v) is 6.68. The van der Waals surface area contributed by atoms with Gasteiger partial charge in [0, 0.05) is 79.4 Å². The van der Waals surface area contributed by atoms with Gasteiger partial charge in [0.05, 0.1) is 18.8 Å². The molecule has 0 radical (unpaired) electrons. The van der Waals surface area contributed by atoms with Crippen molar-refractivity contribution in [3.05, 3.63) is 35.9 Å². The average molecular weight is 556 g/mol. The molecule has 4 rings (SSSR count). The Bertz CT molecular complexity index is 756. The minimum Gasteiger partial charge on any atom is -0.373 e. The van der Waals surface area contributed by atoms with Crippen molar-refractivity contribution in [3.8, 4) is 0 Å². The molecule has 1 aromatic rings. The number of hydrogen-bond acceptors (Lipinski definition) is 5. The SMILES string of the molecule is CN=C(NCCN1CCN(C(C)=O)CC1)N1CC2OCCN(Cc3ccccc3)C2C1.I. The molecule has 32 heavy (non-hydrogen) atoms. The number of piperazine rings is 1. The van der Waals surface area contributed by atoms with E-state index in [0.717, 1.165) is 78.0 Å². The molecule has 1 N–H and O–H groups in total. The van der Waals surface area contributed by atoms with Crippen molar-refractivity contribution in [3.63, 3.8) is 0 Å². The van der Waals surface area contributed by atoms with Crippen LogP contribution >= 0.6 is 24.0 Å². The molecule has 3 aliphatic heterocycles. The lowest BCUT2D eigenvalue weighted by molar-refractivity contribution is -0.130. The van der Waals surface area contributed by atoms with Gasteiger partial charge in [-0.25, -0.2) is 0 Å². The first-order valence-electron chi connectivity index (χ1n) is 11.5. The Morgan fingerprint density at radius 3 is 2.53 bits per heavy atom. The predicted molar refractivity (Wildman–Crippen MR) is 137 cm³/mol. The number of fused-ring (bicyclic) bond motifs is 1. The molecular weight excluding hydrogens is 519 g/mol. The molecule has 0 bridgehead atoms. The number of morpholine rings is 1. The van der Waals surface area contributed by atoms with Crippen LogP contribution in [0.15, 0.2) is 35.3 Å². The number of nitrogens with one attached hydrogen (secondary N) is 1. The molecule has 3 aliphatic rings. The number of guanidine groups is 1. The largest absolute Gasteiger partial charge is 0.373 e. The van der Waals surface area contributed by atoms with Crippen LogP contribution in [0.3, 0.4) is 0 Å². The number of aliphatic imine (C=N–C) groups is 1. The highest BCUT2D eigenvalue weighted by atomic mass is 127. The topological polar surface area (TPSA) is 63.7 Å². The summed E-state index contributed by atoms with van der Waals surface area (Å²) in [6.45, 7) is 11.6. The minimum absolute atomic E-state index is 0. The summed E-state index contributed by atoms with van der Waals surface area (Å²) in [4.78, 5) is 25.3. The van der Waals surface area contributed by atoms with E-state index in [0.29, 0.717) is 6.04 Å². The van der Waals surface area contributed by atoms with Gasteiger partial charge in [-0.2, -0.15) is 0 Å². The summed E-state index contributed by atoms with van der Waals surface area (Å²) in [5.41, 5.74) is 1.36. The van der Waals surface area contributed by atoms with Crippen LogP contribution in [0, 0.1) is 0 Å². The predicted octanol–water partition coefficient (Wildman–Crippen LogP) is 0.929. The standard InChI is InChI=1S/C23H36N6O2.HI/c1-19(30)27-12-10-26(11-13-27)9-8-25-23(24-2)29-17-21-22(18-29)31-15-14-28(21)16-20-6-4-3-5-7-20;/h3-7,21-22H,8-18H2,1-2H3,(H,24,25);1H. The Morgan fingerprint density at radius 1 is 1.09 bits per heavy atom. The van der Waals surface area contributed by atoms with Gasteiger partial charge in [-0.3, -0.25) is 19.6 Å². The van der Waals surface area contributed by atoms with Gasteiger partial charge in [0.15, 0.2) is 5.96 Å². The second kappa shape index (κ2) is 12.2. The Balaban J connectivity index is 0.00000289. The zero-order valence-corrected chi connectivity index (χ0v) is 21.6. The smallest absolute Gasteiger partial charge is 0.219 e. The monoisotopic (exact) mass is 556 g/mol. The number of likely N-dealkylation sites (tertiary alicyclic amines) is 1. The van der Waals surface area contributed by atoms with Crippen molar-refractivity contribution < 1.29 is 9.53 Å². The van der Waals surface area contributed by atoms with Crippen molar-refractivity contribution in [2.24, 2.45) is 4.99 Å². The van der Waals surface area contributed by atoms with Crippen LogP contribution < -0.4 is 5.32 Å². The van der Waals surface area contributed by atoms with E-state index in [4.69, 9.17) is 4.74 Å². The van der Waals surface area contributed by atoms with E-state index < -0.39 is 0 Å². The second-order valence-electron chi connectivity index (χ2n) is 8.66. The molecule has 0 saturated carbocycles. The van der Waals surface area contributed by atoms with Crippen LogP contribution in [0.25, 0.3) is 0 Å². The number of rotatable bonds is 5. The zero-order valence-electron chi connectivity index (χ0n) is 19.3. The highest BCUT2D eigenvalue weighted by molar-refractivity contribution is 14.0. The van der Waals surface area contributed by atoms with E-state index in [9.17, 15) is 4.79 Å². The summed E-state index contributed by atoms with van der Waals surface area (Å²) in [6.07, 6.45) is 0.232. The fourth-order valence-electron chi connectivity index (χ4n) is 4.89. The van der Waals surface area contributed by atoms with Crippen molar-refractivity contribution in [2.45, 2.75) is 25.6 Å². The lowest BCUT2D eigenvalue weighted by Crippen LogP contribution is -2.51. The molecule has 3 saturated heterocycles. The Labute approximate surface area is 209 Å². The molecule has 9 heteroatoms. The molecule has 8 nitrogen and oxygen atoms in total. The second-order valence-corrected chi connectivity index (χ2v) is 8.66. The molecule has 2 atom stereocenters. The molecule has 1 amide bonds. The van der Waals surface area contributed by atoms with Crippen molar-refractivity contribution >= 4 is 35.8 Å². The summed E-state index contributed by atoms with van der Waals surface area (Å²) in [5, 5.41) is 3.55. The summed E-state index contributed by atoms with van der Waals surface area (Å²) < 4.78 is 6.12. The molecular formula is C23H37IN6O2. The number of carbonyl (C=O) groups excluding carboxylic acids is 1. The van der Waals surface area contributed by atoms with Gasteiger partial charge < -0.3 is 19.9 Å². The number of ether oxygens (including phenoxy) is 1. The first kappa shape index (κ1) is 25.2. The third-order valence-electron chi connectivity index (χ3n) is 6.68. The maximum Gasteiger partial charge on any atom is 0.219 e. The first-order chi connectivity index (χ1) is 15.1. The van der Waals surface area contributed by atoms with E-state index in [1.54, 1.807) is 6.92 Å². The summed E-state index contributed by atoms with van der Waals surface area (Å²) in [6, 6.07) is 11.1. The van der Waals surface area contributed by atoms with Gasteiger partial charge >= 0.3 is 0 Å². The summed E-state index contributed by atoms with van der Waals surface area (Å²) >= 11 is 0. The average Bonchev–Trinajstić information content (AvgIpc) is 3.23. The van der Waals surface area contributed by atoms with Crippen LogP contribution in [0.1, 0.15) is 12.5 Å². The Morgan fingerprint density at radius 2 is 1.84 bits per heavy atom. The Hall–Kier alpha value is -1.43. The zero-order chi connectivity index (χ0) is 21.6. The molecule has 3 heterocycles. The number of nitrogens with zero attached hydrogens (tertiary/aromatic N) is 5. The van der Waals surface area contributed by atoms with Crippen LogP contribution in [-0.4, -0.2) is 116 Å². The molecule has 0 aromatic heterocycles. The summed E-state index contributed by atoms with van der Waals surface area (Å²) in [5.74, 6) is 1.14. The fraction of sp³-hybridized carbons (Fsp3) is 0.652. The fourth-order valence-corrected chi connectivity index (χ4v) is 4.89. The quantitative estimate of drug-likeness (QED) is 0.331. The van der Waals surface area contributed by atoms with Crippen LogP contribution in [0.2, 0.25) is 0 Å². The number of amides is 1. The van der Waals surface area contributed by atoms with Gasteiger partial charge in [-0.1, -0.05) is 30.3 Å². The molecule has 0 spiro atoms. The van der Waals surface area contributed by atoms with Crippen LogP contribution in [-0.2, 0) is 16.1 Å². The van der Waals surface area contributed by atoms with E-state index in [1.807, 2.05) is 11.9 Å². The number of carbonyl (C=O) groups is 1. The highest BCUT2D eigenvalue weighted by Crippen LogP contribution is 2.24.